The number of allylic oxidation sites excluding steroid dienone is 1. The van der Waals surface area contributed by atoms with Crippen molar-refractivity contribution in [3.8, 4) is 5.88 Å². The third-order valence-electron chi connectivity index (χ3n) is 2.01. The smallest absolute Gasteiger partial charge is 0.222 e. The van der Waals surface area contributed by atoms with Crippen molar-refractivity contribution in [3.05, 3.63) is 24.0 Å². The van der Waals surface area contributed by atoms with Crippen molar-refractivity contribution < 1.29 is 4.74 Å². The summed E-state index contributed by atoms with van der Waals surface area (Å²) in [6, 6.07) is 0. The van der Waals surface area contributed by atoms with E-state index < -0.39 is 0 Å². The summed E-state index contributed by atoms with van der Waals surface area (Å²) in [7, 11) is 0. The lowest BCUT2D eigenvalue weighted by Gasteiger charge is -2.12. The fourth-order valence-corrected chi connectivity index (χ4v) is 1.27. The predicted octanol–water partition coefficient (Wildman–Crippen LogP) is 2.14. The van der Waals surface area contributed by atoms with Crippen molar-refractivity contribution in [3.63, 3.8) is 0 Å². The maximum Gasteiger partial charge on any atom is 0.222 e. The first kappa shape index (κ1) is 11.5. The molecule has 1 aromatic rings. The van der Waals surface area contributed by atoms with Crippen LogP contribution in [0.1, 0.15) is 32.3 Å². The van der Waals surface area contributed by atoms with Gasteiger partial charge in [-0.15, -0.1) is 0 Å². The highest BCUT2D eigenvalue weighted by molar-refractivity contribution is 5.46. The van der Waals surface area contributed by atoms with Crippen molar-refractivity contribution in [1.82, 2.24) is 9.97 Å². The zero-order valence-electron chi connectivity index (χ0n) is 9.40. The lowest BCUT2D eigenvalue weighted by molar-refractivity contribution is 0.342. The maximum absolute atomic E-state index is 5.78. The van der Waals surface area contributed by atoms with Crippen LogP contribution < -0.4 is 10.5 Å². The molecule has 0 fully saturated rings. The molecule has 0 unspecified atom stereocenters. The van der Waals surface area contributed by atoms with Gasteiger partial charge in [0, 0.05) is 0 Å². The van der Waals surface area contributed by atoms with Crippen molar-refractivity contribution in [2.45, 2.75) is 26.7 Å². The molecule has 0 radical (unpaired) electrons. The van der Waals surface area contributed by atoms with Crippen molar-refractivity contribution in [1.29, 1.82) is 0 Å². The van der Waals surface area contributed by atoms with E-state index in [1.807, 2.05) is 32.9 Å². The quantitative estimate of drug-likeness (QED) is 0.768. The second-order valence-corrected chi connectivity index (χ2v) is 3.51. The molecule has 0 atom stereocenters. The predicted molar refractivity (Wildman–Crippen MR) is 60.8 cm³/mol. The van der Waals surface area contributed by atoms with E-state index in [1.165, 1.54) is 6.33 Å². The van der Waals surface area contributed by atoms with Gasteiger partial charge in [0.1, 0.15) is 18.8 Å². The Bertz CT molecular complexity index is 348. The van der Waals surface area contributed by atoms with Gasteiger partial charge in [0.25, 0.3) is 0 Å². The zero-order valence-corrected chi connectivity index (χ0v) is 9.40. The molecule has 1 aromatic heterocycles. The van der Waals surface area contributed by atoms with Crippen LogP contribution in [0.4, 0.5) is 5.82 Å². The average molecular weight is 207 g/mol. The Labute approximate surface area is 90.2 Å². The highest BCUT2D eigenvalue weighted by Gasteiger charge is 2.13. The minimum atomic E-state index is 0.256. The van der Waals surface area contributed by atoms with E-state index in [-0.39, 0.29) is 5.92 Å². The number of hydrogen-bond acceptors (Lipinski definition) is 4. The Morgan fingerprint density at radius 2 is 2.20 bits per heavy atom. The molecule has 0 spiro atoms. The van der Waals surface area contributed by atoms with E-state index in [0.717, 1.165) is 5.56 Å². The minimum absolute atomic E-state index is 0.256. The molecule has 2 N–H and O–H groups in total. The van der Waals surface area contributed by atoms with Crippen LogP contribution >= 0.6 is 0 Å². The summed E-state index contributed by atoms with van der Waals surface area (Å²) in [6.07, 6.45) is 5.27. The number of rotatable bonds is 4. The van der Waals surface area contributed by atoms with Gasteiger partial charge in [-0.2, -0.15) is 0 Å². The number of nitrogens with zero attached hydrogens (tertiary/aromatic N) is 2. The van der Waals surface area contributed by atoms with Gasteiger partial charge in [0.15, 0.2) is 0 Å². The van der Waals surface area contributed by atoms with Gasteiger partial charge in [-0.05, 0) is 12.8 Å². The van der Waals surface area contributed by atoms with Crippen molar-refractivity contribution in [2.75, 3.05) is 12.3 Å². The van der Waals surface area contributed by atoms with Crippen LogP contribution in [0.15, 0.2) is 18.5 Å². The first-order valence-corrected chi connectivity index (χ1v) is 5.01. The summed E-state index contributed by atoms with van der Waals surface area (Å²) in [4.78, 5) is 8.04. The molecule has 0 aliphatic rings. The number of aromatic nitrogens is 2. The Kier molecular flexibility index (Phi) is 4.09. The van der Waals surface area contributed by atoms with Gasteiger partial charge in [-0.3, -0.25) is 0 Å². The molecular formula is C11H17N3O. The topological polar surface area (TPSA) is 61.0 Å². The van der Waals surface area contributed by atoms with Crippen LogP contribution in [0.25, 0.3) is 0 Å². The molecule has 0 aromatic carbocycles. The van der Waals surface area contributed by atoms with Gasteiger partial charge >= 0.3 is 0 Å². The van der Waals surface area contributed by atoms with Crippen LogP contribution in [0.3, 0.4) is 0 Å². The van der Waals surface area contributed by atoms with Gasteiger partial charge in [-0.1, -0.05) is 26.0 Å². The second-order valence-electron chi connectivity index (χ2n) is 3.51. The number of nitrogen functional groups attached to an aromatic ring is 1. The lowest BCUT2D eigenvalue weighted by Crippen LogP contribution is -2.06. The Morgan fingerprint density at radius 3 is 2.80 bits per heavy atom. The van der Waals surface area contributed by atoms with E-state index >= 15 is 0 Å². The third-order valence-corrected chi connectivity index (χ3v) is 2.01. The average Bonchev–Trinajstić information content (AvgIpc) is 2.17. The van der Waals surface area contributed by atoms with Crippen LogP contribution in [0, 0.1) is 0 Å². The van der Waals surface area contributed by atoms with Gasteiger partial charge < -0.3 is 10.5 Å². The second kappa shape index (κ2) is 5.34. The zero-order chi connectivity index (χ0) is 11.3. The Balaban J connectivity index is 2.90. The lowest BCUT2D eigenvalue weighted by atomic mass is 10.1. The molecule has 15 heavy (non-hydrogen) atoms. The van der Waals surface area contributed by atoms with Crippen LogP contribution in [0.2, 0.25) is 0 Å². The fourth-order valence-electron chi connectivity index (χ4n) is 1.27. The molecule has 0 bridgehead atoms. The molecule has 4 heteroatoms. The number of anilines is 1. The molecule has 0 saturated heterocycles. The van der Waals surface area contributed by atoms with E-state index in [2.05, 4.69) is 9.97 Å². The first-order valence-electron chi connectivity index (χ1n) is 5.01. The number of hydrogen-bond donors (Lipinski definition) is 1. The van der Waals surface area contributed by atoms with Gasteiger partial charge in [0.05, 0.1) is 5.56 Å². The standard InChI is InChI=1S/C11H17N3O/c1-4-5-6-15-11-9(8(2)3)10(12)13-7-14-11/h4-5,7-8H,6H2,1-3H3,(H2,12,13,14)/b5-4+. The van der Waals surface area contributed by atoms with Gasteiger partial charge in [-0.25, -0.2) is 9.97 Å². The molecule has 4 nitrogen and oxygen atoms in total. The molecule has 0 aliphatic heterocycles. The molecule has 0 amide bonds. The van der Waals surface area contributed by atoms with E-state index in [0.29, 0.717) is 18.3 Å². The third kappa shape index (κ3) is 2.94. The minimum Gasteiger partial charge on any atom is -0.473 e. The molecule has 82 valence electrons. The molecule has 1 heterocycles. The number of ether oxygens (including phenoxy) is 1. The van der Waals surface area contributed by atoms with E-state index in [1.54, 1.807) is 0 Å². The highest BCUT2D eigenvalue weighted by atomic mass is 16.5. The fraction of sp³-hybridized carbons (Fsp3) is 0.455. The van der Waals surface area contributed by atoms with Crippen LogP contribution in [-0.4, -0.2) is 16.6 Å². The van der Waals surface area contributed by atoms with Gasteiger partial charge in [0.2, 0.25) is 5.88 Å². The summed E-state index contributed by atoms with van der Waals surface area (Å²) in [6.45, 7) is 6.53. The Hall–Kier alpha value is -1.58. The summed E-state index contributed by atoms with van der Waals surface area (Å²) in [5.74, 6) is 1.33. The van der Waals surface area contributed by atoms with E-state index in [9.17, 15) is 0 Å². The van der Waals surface area contributed by atoms with Crippen molar-refractivity contribution in [2.24, 2.45) is 0 Å². The summed E-state index contributed by atoms with van der Waals surface area (Å²) < 4.78 is 5.50. The molecule has 1 rings (SSSR count). The molecule has 0 aliphatic carbocycles. The van der Waals surface area contributed by atoms with Crippen LogP contribution in [0.5, 0.6) is 5.88 Å². The SMILES string of the molecule is C/C=C/COc1ncnc(N)c1C(C)C. The monoisotopic (exact) mass is 207 g/mol. The summed E-state index contributed by atoms with van der Waals surface area (Å²) in [5.41, 5.74) is 6.65. The van der Waals surface area contributed by atoms with Crippen molar-refractivity contribution >= 4 is 5.82 Å². The maximum atomic E-state index is 5.78. The van der Waals surface area contributed by atoms with E-state index in [4.69, 9.17) is 10.5 Å². The Morgan fingerprint density at radius 1 is 1.47 bits per heavy atom. The number of nitrogens with two attached hydrogens (primary N) is 1. The largest absolute Gasteiger partial charge is 0.473 e. The summed E-state index contributed by atoms with van der Waals surface area (Å²) >= 11 is 0. The highest BCUT2D eigenvalue weighted by Crippen LogP contribution is 2.27. The normalized spacial score (nSPS) is 11.2. The first-order chi connectivity index (χ1) is 7.16. The molecule has 0 saturated carbocycles. The van der Waals surface area contributed by atoms with Crippen LogP contribution in [-0.2, 0) is 0 Å². The molecular weight excluding hydrogens is 190 g/mol. The summed E-state index contributed by atoms with van der Waals surface area (Å²) in [5, 5.41) is 0.